The Morgan fingerprint density at radius 2 is 2.00 bits per heavy atom. The Morgan fingerprint density at radius 3 is 2.71 bits per heavy atom. The summed E-state index contributed by atoms with van der Waals surface area (Å²) in [6, 6.07) is 5.97. The SMILES string of the molecule is Cc1cc(Nc2nc(NCc3ccc(C)c(C)n3)ncc2Br)n[nH]1. The fourth-order valence-electron chi connectivity index (χ4n) is 2.09. The summed E-state index contributed by atoms with van der Waals surface area (Å²) in [5.41, 5.74) is 4.13. The molecular weight excluding hydrogens is 370 g/mol. The van der Waals surface area contributed by atoms with E-state index in [1.165, 1.54) is 5.56 Å². The summed E-state index contributed by atoms with van der Waals surface area (Å²) in [4.78, 5) is 13.3. The van der Waals surface area contributed by atoms with Gasteiger partial charge in [0, 0.05) is 23.7 Å². The summed E-state index contributed by atoms with van der Waals surface area (Å²) in [5, 5.41) is 13.4. The zero-order chi connectivity index (χ0) is 17.1. The van der Waals surface area contributed by atoms with Crippen LogP contribution in [0.15, 0.2) is 28.9 Å². The molecule has 0 aromatic carbocycles. The number of halogens is 1. The lowest BCUT2D eigenvalue weighted by Gasteiger charge is -2.09. The molecule has 0 bridgehead atoms. The first kappa shape index (κ1) is 16.4. The molecule has 3 aromatic rings. The van der Waals surface area contributed by atoms with Crippen molar-refractivity contribution in [2.45, 2.75) is 27.3 Å². The van der Waals surface area contributed by atoms with Crippen LogP contribution in [-0.4, -0.2) is 25.1 Å². The summed E-state index contributed by atoms with van der Waals surface area (Å²) >= 11 is 3.44. The van der Waals surface area contributed by atoms with E-state index >= 15 is 0 Å². The monoisotopic (exact) mass is 387 g/mol. The van der Waals surface area contributed by atoms with Crippen molar-refractivity contribution >= 4 is 33.5 Å². The van der Waals surface area contributed by atoms with Crippen molar-refractivity contribution in [3.05, 3.63) is 51.5 Å². The summed E-state index contributed by atoms with van der Waals surface area (Å²) in [6.45, 7) is 6.55. The first-order valence-corrected chi connectivity index (χ1v) is 8.29. The van der Waals surface area contributed by atoms with Crippen LogP contribution >= 0.6 is 15.9 Å². The van der Waals surface area contributed by atoms with Gasteiger partial charge < -0.3 is 10.6 Å². The Labute approximate surface area is 148 Å². The predicted molar refractivity (Wildman–Crippen MR) is 97.4 cm³/mol. The molecule has 0 atom stereocenters. The first-order valence-electron chi connectivity index (χ1n) is 7.50. The zero-order valence-electron chi connectivity index (χ0n) is 13.7. The largest absolute Gasteiger partial charge is 0.349 e. The van der Waals surface area contributed by atoms with Gasteiger partial charge in [0.1, 0.15) is 0 Å². The highest BCUT2D eigenvalue weighted by atomic mass is 79.9. The van der Waals surface area contributed by atoms with Crippen LogP contribution in [-0.2, 0) is 6.54 Å². The van der Waals surface area contributed by atoms with Crippen molar-refractivity contribution in [1.82, 2.24) is 25.1 Å². The number of pyridine rings is 1. The van der Waals surface area contributed by atoms with Gasteiger partial charge in [-0.2, -0.15) is 10.1 Å². The van der Waals surface area contributed by atoms with Crippen molar-refractivity contribution in [1.29, 1.82) is 0 Å². The highest BCUT2D eigenvalue weighted by Crippen LogP contribution is 2.23. The van der Waals surface area contributed by atoms with E-state index in [1.54, 1.807) is 6.20 Å². The number of anilines is 3. The molecule has 0 radical (unpaired) electrons. The quantitative estimate of drug-likeness (QED) is 0.618. The normalized spacial score (nSPS) is 10.7. The van der Waals surface area contributed by atoms with Crippen LogP contribution in [0.25, 0.3) is 0 Å². The van der Waals surface area contributed by atoms with Crippen molar-refractivity contribution in [3.63, 3.8) is 0 Å². The molecule has 3 aromatic heterocycles. The van der Waals surface area contributed by atoms with Crippen molar-refractivity contribution in [3.8, 4) is 0 Å². The Kier molecular flexibility index (Phi) is 4.75. The number of aryl methyl sites for hydroxylation is 3. The molecule has 8 heteroatoms. The molecule has 0 aliphatic heterocycles. The maximum absolute atomic E-state index is 4.54. The average Bonchev–Trinajstić information content (AvgIpc) is 2.96. The lowest BCUT2D eigenvalue weighted by Crippen LogP contribution is -2.07. The predicted octanol–water partition coefficient (Wildman–Crippen LogP) is 3.64. The minimum atomic E-state index is 0.521. The maximum Gasteiger partial charge on any atom is 0.225 e. The number of nitrogens with zero attached hydrogens (tertiary/aromatic N) is 4. The first-order chi connectivity index (χ1) is 11.5. The molecule has 7 nitrogen and oxygen atoms in total. The van der Waals surface area contributed by atoms with Gasteiger partial charge in [-0.15, -0.1) is 0 Å². The fraction of sp³-hybridized carbons (Fsp3) is 0.250. The summed E-state index contributed by atoms with van der Waals surface area (Å²) in [5.74, 6) is 1.87. The van der Waals surface area contributed by atoms with E-state index in [9.17, 15) is 0 Å². The molecule has 0 fully saturated rings. The van der Waals surface area contributed by atoms with Gasteiger partial charge in [0.05, 0.1) is 16.7 Å². The number of aromatic amines is 1. The van der Waals surface area contributed by atoms with Crippen molar-refractivity contribution in [2.24, 2.45) is 0 Å². The Morgan fingerprint density at radius 1 is 1.17 bits per heavy atom. The van der Waals surface area contributed by atoms with E-state index in [0.717, 1.165) is 21.6 Å². The number of rotatable bonds is 5. The number of nitrogens with one attached hydrogen (secondary N) is 3. The van der Waals surface area contributed by atoms with Crippen LogP contribution < -0.4 is 10.6 Å². The van der Waals surface area contributed by atoms with Crippen LogP contribution in [0.2, 0.25) is 0 Å². The fourth-order valence-corrected chi connectivity index (χ4v) is 2.38. The van der Waals surface area contributed by atoms with Crippen LogP contribution in [0.3, 0.4) is 0 Å². The number of hydrogen-bond donors (Lipinski definition) is 3. The third-order valence-electron chi connectivity index (χ3n) is 3.53. The van der Waals surface area contributed by atoms with Gasteiger partial charge >= 0.3 is 0 Å². The molecule has 24 heavy (non-hydrogen) atoms. The second-order valence-electron chi connectivity index (χ2n) is 5.51. The lowest BCUT2D eigenvalue weighted by molar-refractivity contribution is 0.973. The Bertz CT molecular complexity index is 859. The third-order valence-corrected chi connectivity index (χ3v) is 4.11. The molecule has 0 aliphatic carbocycles. The molecule has 0 amide bonds. The van der Waals surface area contributed by atoms with E-state index in [4.69, 9.17) is 0 Å². The lowest BCUT2D eigenvalue weighted by atomic mass is 10.2. The van der Waals surface area contributed by atoms with Crippen LogP contribution in [0.4, 0.5) is 17.6 Å². The highest BCUT2D eigenvalue weighted by molar-refractivity contribution is 9.10. The van der Waals surface area contributed by atoms with Gasteiger partial charge in [0.15, 0.2) is 11.6 Å². The van der Waals surface area contributed by atoms with E-state index in [0.29, 0.717) is 24.1 Å². The molecule has 0 saturated heterocycles. The molecule has 3 heterocycles. The van der Waals surface area contributed by atoms with Gasteiger partial charge in [-0.25, -0.2) is 4.98 Å². The second-order valence-corrected chi connectivity index (χ2v) is 6.36. The average molecular weight is 388 g/mol. The zero-order valence-corrected chi connectivity index (χ0v) is 15.3. The van der Waals surface area contributed by atoms with E-state index in [2.05, 4.69) is 57.8 Å². The van der Waals surface area contributed by atoms with Crippen LogP contribution in [0.5, 0.6) is 0 Å². The van der Waals surface area contributed by atoms with Crippen molar-refractivity contribution in [2.75, 3.05) is 10.6 Å². The second kappa shape index (κ2) is 6.96. The van der Waals surface area contributed by atoms with Gasteiger partial charge in [0.25, 0.3) is 0 Å². The molecule has 0 spiro atoms. The highest BCUT2D eigenvalue weighted by Gasteiger charge is 2.08. The van der Waals surface area contributed by atoms with Gasteiger partial charge in [-0.1, -0.05) is 6.07 Å². The van der Waals surface area contributed by atoms with E-state index in [1.807, 2.05) is 32.9 Å². The minimum Gasteiger partial charge on any atom is -0.349 e. The molecule has 0 unspecified atom stereocenters. The standard InChI is InChI=1S/C16H18BrN7/c1-9-4-5-12(20-11(9)3)7-18-16-19-8-13(17)15(22-16)21-14-6-10(2)23-24-14/h4-6,8H,7H2,1-3H3,(H3,18,19,21,22,23,24). The summed E-state index contributed by atoms with van der Waals surface area (Å²) in [7, 11) is 0. The van der Waals surface area contributed by atoms with Crippen molar-refractivity contribution < 1.29 is 0 Å². The molecule has 0 aliphatic rings. The van der Waals surface area contributed by atoms with Crippen LogP contribution in [0, 0.1) is 20.8 Å². The van der Waals surface area contributed by atoms with Crippen LogP contribution in [0.1, 0.15) is 22.6 Å². The molecular formula is C16H18BrN7. The maximum atomic E-state index is 4.54. The summed E-state index contributed by atoms with van der Waals surface area (Å²) in [6.07, 6.45) is 1.70. The minimum absolute atomic E-state index is 0.521. The Hall–Kier alpha value is -2.48. The molecule has 3 rings (SSSR count). The Balaban J connectivity index is 1.72. The smallest absolute Gasteiger partial charge is 0.225 e. The van der Waals surface area contributed by atoms with Gasteiger partial charge in [-0.05, 0) is 48.3 Å². The van der Waals surface area contributed by atoms with Gasteiger partial charge in [-0.3, -0.25) is 10.1 Å². The third kappa shape index (κ3) is 3.88. The molecule has 124 valence electrons. The summed E-state index contributed by atoms with van der Waals surface area (Å²) < 4.78 is 0.762. The number of H-pyrrole nitrogens is 1. The topological polar surface area (TPSA) is 91.4 Å². The molecule has 0 saturated carbocycles. The molecule has 3 N–H and O–H groups in total. The number of aromatic nitrogens is 5. The van der Waals surface area contributed by atoms with Gasteiger partial charge in [0.2, 0.25) is 5.95 Å². The van der Waals surface area contributed by atoms with E-state index in [-0.39, 0.29) is 0 Å². The van der Waals surface area contributed by atoms with E-state index < -0.39 is 0 Å². The number of hydrogen-bond acceptors (Lipinski definition) is 6.